The largest absolute Gasteiger partial charge is 2.00 e. The van der Waals surface area contributed by atoms with Gasteiger partial charge in [0.05, 0.1) is 29.5 Å². The summed E-state index contributed by atoms with van der Waals surface area (Å²) in [5, 5.41) is 12.5. The SMILES string of the molecule is CCC(C)[C@@H](COP(c1ccccc1)c1ccccc1)NC[C-]1[CH][CH]C=C1.CCC(C)[C@@H](COP(c1ccccc1)c1ccccc1)NCc1ccc[cH-]1.Cc1ccc(C(C)C)cc1.Cc1ccc(C(C)C)cc1.[Cl][Ru][Cl].[Cl][Ru][Cl].[Fe+2]. The molecule has 1 aliphatic carbocycles. The van der Waals surface area contributed by atoms with Crippen molar-refractivity contribution in [3.8, 4) is 0 Å². The Balaban J connectivity index is 0.000000385. The monoisotopic (exact) mass is 1420 g/mol. The van der Waals surface area contributed by atoms with Gasteiger partial charge in [-0.2, -0.15) is 17.7 Å². The van der Waals surface area contributed by atoms with E-state index < -0.39 is 16.3 Å². The van der Waals surface area contributed by atoms with Crippen molar-refractivity contribution in [3.05, 3.63) is 253 Å². The third-order valence-corrected chi connectivity index (χ3v) is 17.4. The van der Waals surface area contributed by atoms with Crippen molar-refractivity contribution in [1.82, 2.24) is 10.6 Å². The van der Waals surface area contributed by atoms with Gasteiger partial charge in [-0.3, -0.25) is 0 Å². The van der Waals surface area contributed by atoms with E-state index in [0.717, 1.165) is 25.9 Å². The predicted molar refractivity (Wildman–Crippen MR) is 348 cm³/mol. The van der Waals surface area contributed by atoms with E-state index in [4.69, 9.17) is 47.8 Å². The summed E-state index contributed by atoms with van der Waals surface area (Å²) >= 11 is -0.691. The molecular formula is C68H86Cl4FeN2O2P2Ru2. The van der Waals surface area contributed by atoms with Crippen molar-refractivity contribution in [2.45, 2.75) is 113 Å². The predicted octanol–water partition coefficient (Wildman–Crippen LogP) is 18.6. The van der Waals surface area contributed by atoms with E-state index in [2.05, 4.69) is 299 Å². The Labute approximate surface area is 535 Å². The van der Waals surface area contributed by atoms with E-state index in [9.17, 15) is 0 Å². The smallest absolute Gasteiger partial charge is 2.00 e. The van der Waals surface area contributed by atoms with Crippen molar-refractivity contribution in [2.75, 3.05) is 19.8 Å². The van der Waals surface area contributed by atoms with Gasteiger partial charge in [0, 0.05) is 33.3 Å². The van der Waals surface area contributed by atoms with Gasteiger partial charge in [-0.15, -0.1) is 12.8 Å². The number of halogens is 4. The van der Waals surface area contributed by atoms with Crippen LogP contribution >= 0.6 is 55.1 Å². The number of allylic oxidation sites excluding steroid dienone is 1. The van der Waals surface area contributed by atoms with Gasteiger partial charge in [0.25, 0.3) is 0 Å². The van der Waals surface area contributed by atoms with Crippen LogP contribution in [-0.4, -0.2) is 31.8 Å². The summed E-state index contributed by atoms with van der Waals surface area (Å²) in [4.78, 5) is 0. The number of aryl methyl sites for hydroxylation is 2. The summed E-state index contributed by atoms with van der Waals surface area (Å²) in [5.74, 6) is 3.75. The Morgan fingerprint density at radius 1 is 0.506 bits per heavy atom. The molecule has 2 N–H and O–H groups in total. The van der Waals surface area contributed by atoms with Gasteiger partial charge >= 0.3 is 86.1 Å². The minimum atomic E-state index is -0.809. The van der Waals surface area contributed by atoms with Crippen LogP contribution in [0.2, 0.25) is 0 Å². The van der Waals surface area contributed by atoms with Crippen molar-refractivity contribution >= 4 is 76.3 Å². The van der Waals surface area contributed by atoms with E-state index in [1.807, 2.05) is 0 Å². The molecule has 7 aromatic carbocycles. The normalized spacial score (nSPS) is 13.0. The summed E-state index contributed by atoms with van der Waals surface area (Å²) in [5.41, 5.74) is 6.85. The van der Waals surface area contributed by atoms with Gasteiger partial charge in [0.2, 0.25) is 0 Å². The van der Waals surface area contributed by atoms with Crippen LogP contribution in [0.25, 0.3) is 0 Å². The molecule has 1 aliphatic rings. The van der Waals surface area contributed by atoms with Crippen LogP contribution in [0.1, 0.15) is 108 Å². The molecule has 442 valence electrons. The first-order chi connectivity index (χ1) is 38.8. The van der Waals surface area contributed by atoms with Gasteiger partial charge in [-0.25, -0.2) is 30.2 Å². The molecule has 8 rings (SSSR count). The Morgan fingerprint density at radius 2 is 0.864 bits per heavy atom. The maximum Gasteiger partial charge on any atom is 2.00 e. The molecule has 7 aromatic rings. The van der Waals surface area contributed by atoms with Crippen molar-refractivity contribution < 1.29 is 56.4 Å². The summed E-state index contributed by atoms with van der Waals surface area (Å²) in [6, 6.07) is 69.0. The molecule has 0 aromatic heterocycles. The van der Waals surface area contributed by atoms with Crippen LogP contribution in [0.15, 0.2) is 206 Å². The molecule has 4 nitrogen and oxygen atoms in total. The van der Waals surface area contributed by atoms with Gasteiger partial charge < -0.3 is 19.7 Å². The van der Waals surface area contributed by atoms with Crippen LogP contribution in [0.3, 0.4) is 0 Å². The Kier molecular flexibility index (Phi) is 42.7. The van der Waals surface area contributed by atoms with Crippen molar-refractivity contribution in [2.24, 2.45) is 11.8 Å². The van der Waals surface area contributed by atoms with Gasteiger partial charge in [-0.05, 0) is 61.7 Å². The topological polar surface area (TPSA) is 42.5 Å². The zero-order valence-electron chi connectivity index (χ0n) is 48.8. The fraction of sp³-hybridized carbons (Fsp3) is 0.324. The molecular weight excluding hydrogens is 1340 g/mol. The van der Waals surface area contributed by atoms with Gasteiger partial charge in [0.15, 0.2) is 0 Å². The molecule has 0 amide bonds. The Bertz CT molecular complexity index is 2450. The summed E-state index contributed by atoms with van der Waals surface area (Å²) < 4.78 is 13.1. The van der Waals surface area contributed by atoms with Crippen LogP contribution in [0, 0.1) is 44.4 Å². The molecule has 0 saturated heterocycles. The molecule has 4 atom stereocenters. The fourth-order valence-electron chi connectivity index (χ4n) is 8.04. The quantitative estimate of drug-likeness (QED) is 0.0403. The zero-order valence-corrected chi connectivity index (χ0v) is 58.2. The third kappa shape index (κ3) is 31.2. The maximum atomic E-state index is 6.57. The fourth-order valence-corrected chi connectivity index (χ4v) is 11.6. The second kappa shape index (κ2) is 46.2. The Hall–Kier alpha value is -2.09. The third-order valence-electron chi connectivity index (χ3n) is 13.5. The standard InChI is InChI=1S/2C24H29NOP.2C10H14.4ClH.Fe.2Ru/c2*1-3-20(2)24(25-18-21-12-10-11-13-21)19-26-27(22-14-6-4-7-15-22)23-16-8-5-9-17-23;2*1-8(2)10-6-4-9(3)5-7-10;;;;;;;/h2*4-17,20,24-25H,3,18-19H2,1-2H3;2*4-8H,1-3H3;4*1H;;;/q2*-1;;;;;;;3*+2/p-4/t2*20?,24-;;;;;;;;;/m11........./s1. The molecule has 0 fully saturated rings. The molecule has 81 heavy (non-hydrogen) atoms. The van der Waals surface area contributed by atoms with Crippen LogP contribution < -0.4 is 31.9 Å². The first-order valence-electron chi connectivity index (χ1n) is 27.6. The molecule has 0 heterocycles. The average Bonchev–Trinajstić information content (AvgIpc) is 4.23. The zero-order chi connectivity index (χ0) is 58.3. The summed E-state index contributed by atoms with van der Waals surface area (Å²) in [6.07, 6.45) is 10.8. The van der Waals surface area contributed by atoms with E-state index in [1.165, 1.54) is 55.0 Å². The van der Waals surface area contributed by atoms with Crippen LogP contribution in [0.4, 0.5) is 0 Å². The van der Waals surface area contributed by atoms with Gasteiger partial charge in [-0.1, -0.05) is 249 Å². The van der Waals surface area contributed by atoms with Crippen LogP contribution in [0.5, 0.6) is 0 Å². The van der Waals surface area contributed by atoms with Crippen molar-refractivity contribution in [1.29, 1.82) is 0 Å². The average molecular weight is 1430 g/mol. The first kappa shape index (κ1) is 75.0. The molecule has 0 bridgehead atoms. The van der Waals surface area contributed by atoms with E-state index in [0.29, 0.717) is 49.0 Å². The Morgan fingerprint density at radius 3 is 1.16 bits per heavy atom. The summed E-state index contributed by atoms with van der Waals surface area (Å²) in [7, 11) is 17.8. The number of benzene rings is 6. The van der Waals surface area contributed by atoms with E-state index in [1.54, 1.807) is 0 Å². The summed E-state index contributed by atoms with van der Waals surface area (Å²) in [6.45, 7) is 25.4. The molecule has 2 radical (unpaired) electrons. The molecule has 0 saturated carbocycles. The second-order valence-electron chi connectivity index (χ2n) is 20.1. The van der Waals surface area contributed by atoms with E-state index >= 15 is 0 Å². The number of rotatable bonds is 22. The van der Waals surface area contributed by atoms with E-state index in [-0.39, 0.29) is 47.4 Å². The minimum Gasteiger partial charge on any atom is 2.00 e. The molecule has 2 unspecified atom stereocenters. The second-order valence-corrected chi connectivity index (χ2v) is 29.1. The molecule has 0 aliphatic heterocycles. The number of hydrogen-bond donors (Lipinski definition) is 2. The van der Waals surface area contributed by atoms with Crippen LogP contribution in [-0.2, 0) is 63.0 Å². The van der Waals surface area contributed by atoms with Gasteiger partial charge in [0.1, 0.15) is 0 Å². The van der Waals surface area contributed by atoms with Crippen molar-refractivity contribution in [3.63, 3.8) is 0 Å². The maximum absolute atomic E-state index is 6.57. The molecule has 0 spiro atoms. The first-order valence-corrected chi connectivity index (χ1v) is 39.0. The number of hydrogen-bond acceptors (Lipinski definition) is 4. The molecule has 13 heteroatoms. The minimum absolute atomic E-state index is 0. The number of nitrogens with one attached hydrogen (secondary N) is 2.